The fourth-order valence-electron chi connectivity index (χ4n) is 2.15. The van der Waals surface area contributed by atoms with Gasteiger partial charge in [-0.3, -0.25) is 0 Å². The Labute approximate surface area is 112 Å². The molecule has 0 fully saturated rings. The summed E-state index contributed by atoms with van der Waals surface area (Å²) in [7, 11) is 1.34. The first-order chi connectivity index (χ1) is 9.13. The summed E-state index contributed by atoms with van der Waals surface area (Å²) < 4.78 is 4.57. The smallest absolute Gasteiger partial charge is 0.330 e. The van der Waals surface area contributed by atoms with Crippen LogP contribution >= 0.6 is 0 Å². The van der Waals surface area contributed by atoms with Crippen molar-refractivity contribution >= 4 is 16.7 Å². The molecule has 0 radical (unpaired) electrons. The maximum atomic E-state index is 11.1. The number of aromatic hydroxyl groups is 1. The number of hydrogen-bond donors (Lipinski definition) is 1. The molecule has 0 bridgehead atoms. The molecule has 2 aromatic rings. The molecule has 0 saturated carbocycles. The minimum Gasteiger partial charge on any atom is -0.508 e. The minimum absolute atomic E-state index is 0.0785. The molecule has 0 amide bonds. The van der Waals surface area contributed by atoms with Crippen molar-refractivity contribution in [3.05, 3.63) is 54.1 Å². The third kappa shape index (κ3) is 2.76. The molecule has 98 valence electrons. The molecule has 1 unspecified atom stereocenters. The maximum absolute atomic E-state index is 11.1. The summed E-state index contributed by atoms with van der Waals surface area (Å²) in [6.07, 6.45) is 3.11. The SMILES string of the molecule is COC(=O)/C=C/C(C)c1c(O)ccc2ccccc12. The van der Waals surface area contributed by atoms with Crippen LogP contribution in [0.25, 0.3) is 10.8 Å². The van der Waals surface area contributed by atoms with Crippen LogP contribution in [0.4, 0.5) is 0 Å². The van der Waals surface area contributed by atoms with Crippen molar-refractivity contribution in [1.82, 2.24) is 0 Å². The van der Waals surface area contributed by atoms with Gasteiger partial charge in [0.1, 0.15) is 5.75 Å². The van der Waals surface area contributed by atoms with Crippen LogP contribution in [0, 0.1) is 0 Å². The summed E-state index contributed by atoms with van der Waals surface area (Å²) in [5.41, 5.74) is 0.818. The van der Waals surface area contributed by atoms with E-state index < -0.39 is 5.97 Å². The zero-order chi connectivity index (χ0) is 13.8. The van der Waals surface area contributed by atoms with E-state index in [9.17, 15) is 9.90 Å². The fourth-order valence-corrected chi connectivity index (χ4v) is 2.15. The van der Waals surface area contributed by atoms with Crippen molar-refractivity contribution in [3.8, 4) is 5.75 Å². The molecule has 2 rings (SSSR count). The Morgan fingerprint density at radius 2 is 2.00 bits per heavy atom. The van der Waals surface area contributed by atoms with E-state index in [-0.39, 0.29) is 11.7 Å². The Morgan fingerprint density at radius 3 is 2.74 bits per heavy atom. The molecule has 2 aromatic carbocycles. The van der Waals surface area contributed by atoms with Gasteiger partial charge in [0.05, 0.1) is 7.11 Å². The van der Waals surface area contributed by atoms with E-state index in [0.717, 1.165) is 16.3 Å². The van der Waals surface area contributed by atoms with Gasteiger partial charge in [-0.25, -0.2) is 4.79 Å². The molecule has 0 heterocycles. The highest BCUT2D eigenvalue weighted by Crippen LogP contribution is 2.33. The standard InChI is InChI=1S/C16H16O3/c1-11(7-10-15(18)19-2)16-13-6-4-3-5-12(13)8-9-14(16)17/h3-11,17H,1-2H3/b10-7+. The normalized spacial score (nSPS) is 12.7. The van der Waals surface area contributed by atoms with Gasteiger partial charge < -0.3 is 9.84 Å². The van der Waals surface area contributed by atoms with Gasteiger partial charge >= 0.3 is 5.97 Å². The summed E-state index contributed by atoms with van der Waals surface area (Å²) in [6.45, 7) is 1.93. The zero-order valence-corrected chi connectivity index (χ0v) is 11.0. The van der Waals surface area contributed by atoms with Crippen LogP contribution in [0.3, 0.4) is 0 Å². The van der Waals surface area contributed by atoms with E-state index in [2.05, 4.69) is 4.74 Å². The quantitative estimate of drug-likeness (QED) is 0.676. The lowest BCUT2D eigenvalue weighted by Gasteiger charge is -2.13. The van der Waals surface area contributed by atoms with Crippen LogP contribution in [0.1, 0.15) is 18.4 Å². The van der Waals surface area contributed by atoms with Crippen LogP contribution in [0.15, 0.2) is 48.6 Å². The van der Waals surface area contributed by atoms with Crippen molar-refractivity contribution < 1.29 is 14.6 Å². The Hall–Kier alpha value is -2.29. The van der Waals surface area contributed by atoms with Crippen molar-refractivity contribution in [1.29, 1.82) is 0 Å². The van der Waals surface area contributed by atoms with Gasteiger partial charge in [0.15, 0.2) is 0 Å². The molecule has 0 aliphatic heterocycles. The molecule has 0 aliphatic rings. The number of fused-ring (bicyclic) bond motifs is 1. The molecule has 1 N–H and O–H groups in total. The number of benzene rings is 2. The zero-order valence-electron chi connectivity index (χ0n) is 11.0. The van der Waals surface area contributed by atoms with Gasteiger partial charge in [-0.2, -0.15) is 0 Å². The molecule has 3 heteroatoms. The highest BCUT2D eigenvalue weighted by atomic mass is 16.5. The number of allylic oxidation sites excluding steroid dienone is 1. The predicted octanol–water partition coefficient (Wildman–Crippen LogP) is 3.38. The van der Waals surface area contributed by atoms with Crippen LogP contribution in [-0.4, -0.2) is 18.2 Å². The first kappa shape index (κ1) is 13.1. The number of hydrogen-bond acceptors (Lipinski definition) is 3. The number of carbonyl (C=O) groups excluding carboxylic acids is 1. The number of methoxy groups -OCH3 is 1. The van der Waals surface area contributed by atoms with E-state index in [1.807, 2.05) is 37.3 Å². The van der Waals surface area contributed by atoms with Crippen molar-refractivity contribution in [2.75, 3.05) is 7.11 Å². The van der Waals surface area contributed by atoms with E-state index in [1.165, 1.54) is 13.2 Å². The van der Waals surface area contributed by atoms with Crippen LogP contribution in [0.5, 0.6) is 5.75 Å². The third-order valence-corrected chi connectivity index (χ3v) is 3.13. The van der Waals surface area contributed by atoms with Gasteiger partial charge in [-0.05, 0) is 16.8 Å². The molecule has 3 nitrogen and oxygen atoms in total. The molecule has 0 aliphatic carbocycles. The highest BCUT2D eigenvalue weighted by molar-refractivity contribution is 5.89. The number of rotatable bonds is 3. The van der Waals surface area contributed by atoms with E-state index >= 15 is 0 Å². The van der Waals surface area contributed by atoms with E-state index in [0.29, 0.717) is 0 Å². The van der Waals surface area contributed by atoms with E-state index in [1.54, 1.807) is 12.1 Å². The lowest BCUT2D eigenvalue weighted by Crippen LogP contribution is -1.97. The third-order valence-electron chi connectivity index (χ3n) is 3.13. The highest BCUT2D eigenvalue weighted by Gasteiger charge is 2.12. The lowest BCUT2D eigenvalue weighted by atomic mass is 9.93. The van der Waals surface area contributed by atoms with Crippen molar-refractivity contribution in [2.45, 2.75) is 12.8 Å². The second-order valence-electron chi connectivity index (χ2n) is 4.39. The van der Waals surface area contributed by atoms with Gasteiger partial charge in [0.25, 0.3) is 0 Å². The Balaban J connectivity index is 2.46. The topological polar surface area (TPSA) is 46.5 Å². The number of phenolic OH excluding ortho intramolecular Hbond substituents is 1. The molecule has 0 saturated heterocycles. The van der Waals surface area contributed by atoms with Crippen molar-refractivity contribution in [2.24, 2.45) is 0 Å². The van der Waals surface area contributed by atoms with Crippen LogP contribution in [0.2, 0.25) is 0 Å². The van der Waals surface area contributed by atoms with Gasteiger partial charge in [0, 0.05) is 17.6 Å². The molecule has 0 aromatic heterocycles. The summed E-state index contributed by atoms with van der Waals surface area (Å²) in [6, 6.07) is 11.4. The van der Waals surface area contributed by atoms with Gasteiger partial charge in [0.2, 0.25) is 0 Å². The fraction of sp³-hybridized carbons (Fsp3) is 0.188. The molecule has 1 atom stereocenters. The van der Waals surface area contributed by atoms with Crippen molar-refractivity contribution in [3.63, 3.8) is 0 Å². The van der Waals surface area contributed by atoms with Crippen LogP contribution < -0.4 is 0 Å². The number of ether oxygens (including phenoxy) is 1. The second kappa shape index (κ2) is 5.57. The molecule has 19 heavy (non-hydrogen) atoms. The Bertz CT molecular complexity index is 629. The second-order valence-corrected chi connectivity index (χ2v) is 4.39. The van der Waals surface area contributed by atoms with Crippen LogP contribution in [-0.2, 0) is 9.53 Å². The lowest BCUT2D eigenvalue weighted by molar-refractivity contribution is -0.134. The van der Waals surface area contributed by atoms with E-state index in [4.69, 9.17) is 0 Å². The molecule has 0 spiro atoms. The summed E-state index contributed by atoms with van der Waals surface area (Å²) in [4.78, 5) is 11.1. The monoisotopic (exact) mass is 256 g/mol. The first-order valence-corrected chi connectivity index (χ1v) is 6.10. The summed E-state index contributed by atoms with van der Waals surface area (Å²) in [5, 5.41) is 12.1. The largest absolute Gasteiger partial charge is 0.508 e. The maximum Gasteiger partial charge on any atom is 0.330 e. The first-order valence-electron chi connectivity index (χ1n) is 6.10. The van der Waals surface area contributed by atoms with Gasteiger partial charge in [-0.15, -0.1) is 0 Å². The molecular weight excluding hydrogens is 240 g/mol. The number of carbonyl (C=O) groups is 1. The molecular formula is C16H16O3. The number of esters is 1. The Kier molecular flexibility index (Phi) is 3.85. The Morgan fingerprint density at radius 1 is 1.26 bits per heavy atom. The predicted molar refractivity (Wildman–Crippen MR) is 75.2 cm³/mol. The minimum atomic E-state index is -0.397. The summed E-state index contributed by atoms with van der Waals surface area (Å²) in [5.74, 6) is -0.238. The number of phenols is 1. The summed E-state index contributed by atoms with van der Waals surface area (Å²) >= 11 is 0. The van der Waals surface area contributed by atoms with Gasteiger partial charge in [-0.1, -0.05) is 43.3 Å². The average molecular weight is 256 g/mol. The average Bonchev–Trinajstić information content (AvgIpc) is 2.44.